The summed E-state index contributed by atoms with van der Waals surface area (Å²) in [6.45, 7) is 2.16. The molecule has 1 aliphatic rings. The molecule has 27 heavy (non-hydrogen) atoms. The molecule has 0 saturated heterocycles. The zero-order valence-corrected chi connectivity index (χ0v) is 15.6. The first-order chi connectivity index (χ1) is 13.1. The second kappa shape index (κ2) is 8.68. The van der Waals surface area contributed by atoms with Gasteiger partial charge in [-0.3, -0.25) is 9.59 Å². The third-order valence-electron chi connectivity index (χ3n) is 4.80. The van der Waals surface area contributed by atoms with Crippen LogP contribution in [0.2, 0.25) is 0 Å². The Kier molecular flexibility index (Phi) is 6.08. The highest BCUT2D eigenvalue weighted by Crippen LogP contribution is 2.29. The number of carbonyl (C=O) groups is 2. The van der Waals surface area contributed by atoms with Crippen molar-refractivity contribution in [2.24, 2.45) is 5.73 Å². The predicted molar refractivity (Wildman–Crippen MR) is 108 cm³/mol. The van der Waals surface area contributed by atoms with Gasteiger partial charge in [0.25, 0.3) is 5.91 Å². The number of hydrogen-bond acceptors (Lipinski definition) is 4. The maximum Gasteiger partial charge on any atom is 0.253 e. The Bertz CT molecular complexity index is 807. The Morgan fingerprint density at radius 1 is 1.19 bits per heavy atom. The summed E-state index contributed by atoms with van der Waals surface area (Å²) in [4.78, 5) is 28.8. The average Bonchev–Trinajstić information content (AvgIpc) is 2.83. The highest BCUT2D eigenvalue weighted by Gasteiger charge is 2.20. The summed E-state index contributed by atoms with van der Waals surface area (Å²) in [7, 11) is 1.95. The monoisotopic (exact) mass is 366 g/mol. The van der Waals surface area contributed by atoms with E-state index in [1.807, 2.05) is 42.3 Å². The molecule has 0 aliphatic carbocycles. The SMILES string of the molecule is CN1CCC(=O)Nc2cc(C(=O)N(CCN)CCc3ccccc3)ccc21. The summed E-state index contributed by atoms with van der Waals surface area (Å²) in [5.41, 5.74) is 9.07. The van der Waals surface area contributed by atoms with Gasteiger partial charge in [-0.1, -0.05) is 30.3 Å². The Morgan fingerprint density at radius 2 is 1.96 bits per heavy atom. The fourth-order valence-corrected chi connectivity index (χ4v) is 3.27. The molecule has 0 unspecified atom stereocenters. The molecule has 0 radical (unpaired) electrons. The summed E-state index contributed by atoms with van der Waals surface area (Å²) in [6.07, 6.45) is 1.21. The van der Waals surface area contributed by atoms with Gasteiger partial charge in [0.15, 0.2) is 0 Å². The lowest BCUT2D eigenvalue weighted by atomic mass is 10.1. The summed E-state index contributed by atoms with van der Waals surface area (Å²) in [5, 5.41) is 2.90. The fraction of sp³-hybridized carbons (Fsp3) is 0.333. The highest BCUT2D eigenvalue weighted by molar-refractivity contribution is 6.00. The lowest BCUT2D eigenvalue weighted by Crippen LogP contribution is -2.37. The standard InChI is InChI=1S/C21H26N4O2/c1-24-12-10-20(26)23-18-15-17(7-8-19(18)24)21(27)25(14-11-22)13-9-16-5-3-2-4-6-16/h2-8,15H,9-14,22H2,1H3,(H,23,26). The molecule has 1 heterocycles. The molecular weight excluding hydrogens is 340 g/mol. The average molecular weight is 366 g/mol. The molecular formula is C21H26N4O2. The minimum absolute atomic E-state index is 0.0342. The highest BCUT2D eigenvalue weighted by atomic mass is 16.2. The van der Waals surface area contributed by atoms with Crippen molar-refractivity contribution in [3.8, 4) is 0 Å². The lowest BCUT2D eigenvalue weighted by molar-refractivity contribution is -0.115. The molecule has 6 heteroatoms. The van der Waals surface area contributed by atoms with Crippen molar-refractivity contribution in [3.05, 3.63) is 59.7 Å². The predicted octanol–water partition coefficient (Wildman–Crippen LogP) is 2.11. The van der Waals surface area contributed by atoms with Gasteiger partial charge in [-0.2, -0.15) is 0 Å². The third kappa shape index (κ3) is 4.65. The van der Waals surface area contributed by atoms with E-state index in [4.69, 9.17) is 5.73 Å². The third-order valence-corrected chi connectivity index (χ3v) is 4.80. The Labute approximate surface area is 159 Å². The number of fused-ring (bicyclic) bond motifs is 1. The minimum Gasteiger partial charge on any atom is -0.372 e. The van der Waals surface area contributed by atoms with E-state index in [2.05, 4.69) is 17.4 Å². The molecule has 2 aromatic carbocycles. The molecule has 0 spiro atoms. The fourth-order valence-electron chi connectivity index (χ4n) is 3.27. The molecule has 0 bridgehead atoms. The van der Waals surface area contributed by atoms with E-state index in [1.54, 1.807) is 11.0 Å². The molecule has 142 valence electrons. The van der Waals surface area contributed by atoms with Crippen LogP contribution >= 0.6 is 0 Å². The van der Waals surface area contributed by atoms with E-state index < -0.39 is 0 Å². The Hall–Kier alpha value is -2.86. The van der Waals surface area contributed by atoms with Gasteiger partial charge < -0.3 is 20.9 Å². The van der Waals surface area contributed by atoms with Gasteiger partial charge in [0, 0.05) is 45.2 Å². The second-order valence-electron chi connectivity index (χ2n) is 6.77. The van der Waals surface area contributed by atoms with E-state index in [9.17, 15) is 9.59 Å². The summed E-state index contributed by atoms with van der Waals surface area (Å²) in [5.74, 6) is -0.103. The van der Waals surface area contributed by atoms with Crippen LogP contribution in [0.25, 0.3) is 0 Å². The lowest BCUT2D eigenvalue weighted by Gasteiger charge is -2.24. The van der Waals surface area contributed by atoms with Crippen LogP contribution in [0.3, 0.4) is 0 Å². The number of amides is 2. The maximum absolute atomic E-state index is 13.0. The van der Waals surface area contributed by atoms with Gasteiger partial charge in [-0.15, -0.1) is 0 Å². The molecule has 3 N–H and O–H groups in total. The first-order valence-electron chi connectivity index (χ1n) is 9.27. The van der Waals surface area contributed by atoms with Crippen molar-refractivity contribution in [1.29, 1.82) is 0 Å². The minimum atomic E-state index is -0.0691. The molecule has 6 nitrogen and oxygen atoms in total. The van der Waals surface area contributed by atoms with Gasteiger partial charge >= 0.3 is 0 Å². The van der Waals surface area contributed by atoms with E-state index in [-0.39, 0.29) is 11.8 Å². The van der Waals surface area contributed by atoms with Crippen molar-refractivity contribution in [2.45, 2.75) is 12.8 Å². The van der Waals surface area contributed by atoms with Gasteiger partial charge in [-0.25, -0.2) is 0 Å². The zero-order valence-electron chi connectivity index (χ0n) is 15.6. The van der Waals surface area contributed by atoms with Crippen LogP contribution in [0.4, 0.5) is 11.4 Å². The maximum atomic E-state index is 13.0. The molecule has 0 saturated carbocycles. The van der Waals surface area contributed by atoms with Crippen molar-refractivity contribution >= 4 is 23.2 Å². The number of nitrogens with one attached hydrogen (secondary N) is 1. The first kappa shape index (κ1) is 18.9. The van der Waals surface area contributed by atoms with E-state index in [0.29, 0.717) is 43.9 Å². The number of rotatable bonds is 6. The van der Waals surface area contributed by atoms with Gasteiger partial charge in [-0.05, 0) is 30.2 Å². The largest absolute Gasteiger partial charge is 0.372 e. The summed E-state index contributed by atoms with van der Waals surface area (Å²) >= 11 is 0. The Balaban J connectivity index is 1.78. The van der Waals surface area contributed by atoms with Crippen LogP contribution in [0.5, 0.6) is 0 Å². The van der Waals surface area contributed by atoms with Crippen LogP contribution in [-0.2, 0) is 11.2 Å². The van der Waals surface area contributed by atoms with Crippen LogP contribution in [-0.4, -0.2) is 49.9 Å². The number of hydrogen-bond donors (Lipinski definition) is 2. The normalized spacial score (nSPS) is 13.6. The van der Waals surface area contributed by atoms with E-state index in [1.165, 1.54) is 5.56 Å². The summed E-state index contributed by atoms with van der Waals surface area (Å²) in [6, 6.07) is 15.6. The molecule has 0 fully saturated rings. The molecule has 3 rings (SSSR count). The van der Waals surface area contributed by atoms with Gasteiger partial charge in [0.1, 0.15) is 0 Å². The van der Waals surface area contributed by atoms with Crippen LogP contribution in [0.15, 0.2) is 48.5 Å². The molecule has 2 aromatic rings. The molecule has 1 aliphatic heterocycles. The van der Waals surface area contributed by atoms with Gasteiger partial charge in [0.05, 0.1) is 11.4 Å². The van der Waals surface area contributed by atoms with Gasteiger partial charge in [0.2, 0.25) is 5.91 Å². The zero-order chi connectivity index (χ0) is 19.2. The number of carbonyl (C=O) groups excluding carboxylic acids is 2. The molecule has 2 amide bonds. The van der Waals surface area contributed by atoms with E-state index >= 15 is 0 Å². The molecule has 0 atom stereocenters. The van der Waals surface area contributed by atoms with Crippen LogP contribution in [0.1, 0.15) is 22.3 Å². The van der Waals surface area contributed by atoms with Crippen LogP contribution < -0.4 is 16.0 Å². The number of benzene rings is 2. The first-order valence-corrected chi connectivity index (χ1v) is 9.27. The molecule has 0 aromatic heterocycles. The second-order valence-corrected chi connectivity index (χ2v) is 6.77. The number of nitrogens with two attached hydrogens (primary N) is 1. The number of nitrogens with zero attached hydrogens (tertiary/aromatic N) is 2. The van der Waals surface area contributed by atoms with Crippen molar-refractivity contribution in [1.82, 2.24) is 4.90 Å². The number of anilines is 2. The summed E-state index contributed by atoms with van der Waals surface area (Å²) < 4.78 is 0. The quantitative estimate of drug-likeness (QED) is 0.821. The topological polar surface area (TPSA) is 78.7 Å². The van der Waals surface area contributed by atoms with Crippen molar-refractivity contribution in [2.75, 3.05) is 43.4 Å². The van der Waals surface area contributed by atoms with Crippen molar-refractivity contribution in [3.63, 3.8) is 0 Å². The smallest absolute Gasteiger partial charge is 0.253 e. The van der Waals surface area contributed by atoms with E-state index in [0.717, 1.165) is 12.1 Å². The Morgan fingerprint density at radius 3 is 2.70 bits per heavy atom. The van der Waals surface area contributed by atoms with Crippen molar-refractivity contribution < 1.29 is 9.59 Å². The van der Waals surface area contributed by atoms with Crippen LogP contribution in [0, 0.1) is 0 Å².